The van der Waals surface area contributed by atoms with E-state index in [0.29, 0.717) is 5.92 Å². The number of ether oxygens (including phenoxy) is 2. The van der Waals surface area contributed by atoms with E-state index in [4.69, 9.17) is 9.47 Å². The van der Waals surface area contributed by atoms with Crippen molar-refractivity contribution in [1.82, 2.24) is 0 Å². The molecule has 0 bridgehead atoms. The van der Waals surface area contributed by atoms with E-state index >= 15 is 0 Å². The van der Waals surface area contributed by atoms with E-state index in [1.165, 1.54) is 64.2 Å². The maximum Gasteiger partial charge on any atom is 0.168 e. The molecule has 1 rings (SSSR count). The summed E-state index contributed by atoms with van der Waals surface area (Å²) in [4.78, 5) is 0. The van der Waals surface area contributed by atoms with Crippen LogP contribution in [0.25, 0.3) is 0 Å². The van der Waals surface area contributed by atoms with E-state index in [9.17, 15) is 0 Å². The molecule has 0 unspecified atom stereocenters. The lowest BCUT2D eigenvalue weighted by Gasteiger charge is -2.29. The average Bonchev–Trinajstić information content (AvgIpc) is 2.89. The maximum atomic E-state index is 5.91. The van der Waals surface area contributed by atoms with Gasteiger partial charge in [0.2, 0.25) is 0 Å². The van der Waals surface area contributed by atoms with Crippen molar-refractivity contribution in [3.05, 3.63) is 0 Å². The van der Waals surface area contributed by atoms with Gasteiger partial charge < -0.3 is 9.47 Å². The molecule has 1 fully saturated rings. The molecule has 0 aromatic heterocycles. The Kier molecular flexibility index (Phi) is 10.4. The van der Waals surface area contributed by atoms with E-state index in [-0.39, 0.29) is 5.79 Å². The summed E-state index contributed by atoms with van der Waals surface area (Å²) in [5, 5.41) is 0. The van der Waals surface area contributed by atoms with Gasteiger partial charge in [-0.15, -0.1) is 0 Å². The van der Waals surface area contributed by atoms with Gasteiger partial charge in [0.15, 0.2) is 5.79 Å². The molecule has 0 aromatic rings. The van der Waals surface area contributed by atoms with Crippen LogP contribution in [0.2, 0.25) is 0 Å². The van der Waals surface area contributed by atoms with Crippen molar-refractivity contribution < 1.29 is 9.47 Å². The molecule has 0 saturated carbocycles. The maximum absolute atomic E-state index is 5.91. The molecule has 126 valence electrons. The zero-order valence-electron chi connectivity index (χ0n) is 14.8. The van der Waals surface area contributed by atoms with E-state index < -0.39 is 0 Å². The van der Waals surface area contributed by atoms with Gasteiger partial charge in [-0.05, 0) is 12.3 Å². The highest BCUT2D eigenvalue weighted by Gasteiger charge is 2.36. The normalized spacial score (nSPS) is 17.7. The molecule has 0 amide bonds. The quantitative estimate of drug-likeness (QED) is 0.383. The second kappa shape index (κ2) is 11.5. The molecule has 21 heavy (non-hydrogen) atoms. The van der Waals surface area contributed by atoms with Crippen LogP contribution in [0.15, 0.2) is 0 Å². The van der Waals surface area contributed by atoms with Crippen molar-refractivity contribution in [2.24, 2.45) is 5.92 Å². The monoisotopic (exact) mass is 298 g/mol. The first-order valence-corrected chi connectivity index (χ1v) is 9.46. The molecule has 0 aliphatic carbocycles. The predicted octanol–water partition coefficient (Wildman–Crippen LogP) is 6.09. The average molecular weight is 299 g/mol. The number of hydrogen-bond donors (Lipinski definition) is 0. The molecule has 0 radical (unpaired) electrons. The summed E-state index contributed by atoms with van der Waals surface area (Å²) in [5.74, 6) is 0.403. The third-order valence-electron chi connectivity index (χ3n) is 4.44. The lowest BCUT2D eigenvalue weighted by atomic mass is 9.96. The Balaban J connectivity index is 1.97. The fourth-order valence-electron chi connectivity index (χ4n) is 3.37. The first-order valence-electron chi connectivity index (χ1n) is 9.46. The molecule has 2 heteroatoms. The molecule has 0 aromatic carbocycles. The Labute approximate surface area is 133 Å². The summed E-state index contributed by atoms with van der Waals surface area (Å²) in [6.07, 6.45) is 16.0. The topological polar surface area (TPSA) is 18.5 Å². The van der Waals surface area contributed by atoms with Crippen molar-refractivity contribution in [2.45, 2.75) is 104 Å². The second-order valence-corrected chi connectivity index (χ2v) is 7.14. The lowest BCUT2D eigenvalue weighted by molar-refractivity contribution is -0.173. The second-order valence-electron chi connectivity index (χ2n) is 7.14. The first kappa shape index (κ1) is 19.0. The van der Waals surface area contributed by atoms with Gasteiger partial charge >= 0.3 is 0 Å². The van der Waals surface area contributed by atoms with Crippen LogP contribution in [-0.4, -0.2) is 19.0 Å². The van der Waals surface area contributed by atoms with Gasteiger partial charge in [-0.1, -0.05) is 78.6 Å². The highest BCUT2D eigenvalue weighted by Crippen LogP contribution is 2.32. The standard InChI is InChI=1S/C19H38O2/c1-4-5-6-7-8-9-10-11-12-13-14-19(17-18(2)3)20-15-16-21-19/h18H,4-17H2,1-3H3. The van der Waals surface area contributed by atoms with Gasteiger partial charge in [0.05, 0.1) is 13.2 Å². The molecule has 0 N–H and O–H groups in total. The molecule has 2 nitrogen and oxygen atoms in total. The molecule has 1 heterocycles. The Hall–Kier alpha value is -0.0800. The van der Waals surface area contributed by atoms with Gasteiger partial charge in [0, 0.05) is 12.8 Å². The van der Waals surface area contributed by atoms with Crippen molar-refractivity contribution in [1.29, 1.82) is 0 Å². The Bertz CT molecular complexity index is 232. The first-order chi connectivity index (χ1) is 10.2. The zero-order valence-corrected chi connectivity index (χ0v) is 14.8. The molecule has 1 aliphatic heterocycles. The Morgan fingerprint density at radius 3 is 1.71 bits per heavy atom. The molecule has 0 spiro atoms. The minimum absolute atomic E-state index is 0.242. The molecular weight excluding hydrogens is 260 g/mol. The van der Waals surface area contributed by atoms with Crippen LogP contribution in [0.1, 0.15) is 97.8 Å². The van der Waals surface area contributed by atoms with Crippen LogP contribution in [-0.2, 0) is 9.47 Å². The van der Waals surface area contributed by atoms with Gasteiger partial charge in [-0.25, -0.2) is 0 Å². The summed E-state index contributed by atoms with van der Waals surface area (Å²) in [7, 11) is 0. The summed E-state index contributed by atoms with van der Waals surface area (Å²) in [6.45, 7) is 8.36. The van der Waals surface area contributed by atoms with Crippen LogP contribution < -0.4 is 0 Å². The summed E-state index contributed by atoms with van der Waals surface area (Å²) >= 11 is 0. The van der Waals surface area contributed by atoms with Crippen molar-refractivity contribution in [2.75, 3.05) is 13.2 Å². The van der Waals surface area contributed by atoms with Gasteiger partial charge in [0.25, 0.3) is 0 Å². The number of unbranched alkanes of at least 4 members (excludes halogenated alkanes) is 9. The zero-order chi connectivity index (χ0) is 15.4. The number of rotatable bonds is 13. The minimum atomic E-state index is -0.242. The Morgan fingerprint density at radius 2 is 1.24 bits per heavy atom. The lowest BCUT2D eigenvalue weighted by Crippen LogP contribution is -2.31. The smallest absolute Gasteiger partial charge is 0.168 e. The van der Waals surface area contributed by atoms with E-state index in [1.54, 1.807) is 0 Å². The van der Waals surface area contributed by atoms with Crippen LogP contribution in [0.4, 0.5) is 0 Å². The van der Waals surface area contributed by atoms with Gasteiger partial charge in [-0.3, -0.25) is 0 Å². The van der Waals surface area contributed by atoms with Crippen LogP contribution >= 0.6 is 0 Å². The summed E-state index contributed by atoms with van der Waals surface area (Å²) in [5.41, 5.74) is 0. The third-order valence-corrected chi connectivity index (χ3v) is 4.44. The molecule has 1 aliphatic rings. The highest BCUT2D eigenvalue weighted by atomic mass is 16.7. The van der Waals surface area contributed by atoms with Crippen LogP contribution in [0.5, 0.6) is 0 Å². The van der Waals surface area contributed by atoms with Crippen molar-refractivity contribution in [3.8, 4) is 0 Å². The van der Waals surface area contributed by atoms with Crippen LogP contribution in [0.3, 0.4) is 0 Å². The van der Waals surface area contributed by atoms with Gasteiger partial charge in [-0.2, -0.15) is 0 Å². The largest absolute Gasteiger partial charge is 0.348 e. The minimum Gasteiger partial charge on any atom is -0.348 e. The van der Waals surface area contributed by atoms with Crippen LogP contribution in [0, 0.1) is 5.92 Å². The third kappa shape index (κ3) is 8.83. The highest BCUT2D eigenvalue weighted by molar-refractivity contribution is 4.75. The predicted molar refractivity (Wildman–Crippen MR) is 90.6 cm³/mol. The van der Waals surface area contributed by atoms with E-state index in [0.717, 1.165) is 26.1 Å². The SMILES string of the molecule is CCCCCCCCCCCCC1(CC(C)C)OCCO1. The fourth-order valence-corrected chi connectivity index (χ4v) is 3.37. The summed E-state index contributed by atoms with van der Waals surface area (Å²) < 4.78 is 11.8. The number of hydrogen-bond acceptors (Lipinski definition) is 2. The molecular formula is C19H38O2. The van der Waals surface area contributed by atoms with Crippen molar-refractivity contribution >= 4 is 0 Å². The Morgan fingerprint density at radius 1 is 0.762 bits per heavy atom. The fraction of sp³-hybridized carbons (Fsp3) is 1.00. The van der Waals surface area contributed by atoms with E-state index in [1.807, 2.05) is 0 Å². The molecule has 0 atom stereocenters. The van der Waals surface area contributed by atoms with Gasteiger partial charge in [0.1, 0.15) is 0 Å². The van der Waals surface area contributed by atoms with E-state index in [2.05, 4.69) is 20.8 Å². The molecule has 1 saturated heterocycles. The summed E-state index contributed by atoms with van der Waals surface area (Å²) in [6, 6.07) is 0. The van der Waals surface area contributed by atoms with Crippen molar-refractivity contribution in [3.63, 3.8) is 0 Å².